The van der Waals surface area contributed by atoms with Gasteiger partial charge in [0.1, 0.15) is 0 Å². The molecule has 0 aliphatic rings. The summed E-state index contributed by atoms with van der Waals surface area (Å²) in [6.07, 6.45) is 2.01. The van der Waals surface area contributed by atoms with E-state index in [1.807, 2.05) is 30.5 Å². The molecule has 0 N–H and O–H groups in total. The number of benzene rings is 2. The van der Waals surface area contributed by atoms with Gasteiger partial charge in [-0.3, -0.25) is 0 Å². The Labute approximate surface area is 152 Å². The minimum Gasteiger partial charge on any atom is -0.207 e. The Kier molecular flexibility index (Phi) is 6.13. The molecular weight excluding hydrogens is 450 g/mol. The van der Waals surface area contributed by atoms with Crippen molar-refractivity contribution in [3.05, 3.63) is 57.0 Å². The van der Waals surface area contributed by atoms with Crippen molar-refractivity contribution >= 4 is 53.6 Å². The summed E-state index contributed by atoms with van der Waals surface area (Å²) in [5.74, 6) is 0. The lowest BCUT2D eigenvalue weighted by Gasteiger charge is -2.18. The van der Waals surface area contributed by atoms with E-state index in [0.717, 1.165) is 14.9 Å². The van der Waals surface area contributed by atoms with Crippen molar-refractivity contribution in [1.82, 2.24) is 4.31 Å². The van der Waals surface area contributed by atoms with Crippen LogP contribution in [0.25, 0.3) is 0 Å². The summed E-state index contributed by atoms with van der Waals surface area (Å²) in [6, 6.07) is 13.0. The van der Waals surface area contributed by atoms with Gasteiger partial charge in [0.15, 0.2) is 0 Å². The van der Waals surface area contributed by atoms with Gasteiger partial charge in [0.2, 0.25) is 10.0 Å². The number of nitrogens with zero attached hydrogens (tertiary/aromatic N) is 1. The molecule has 0 aliphatic heterocycles. The Morgan fingerprint density at radius 2 is 1.73 bits per heavy atom. The van der Waals surface area contributed by atoms with Crippen LogP contribution in [0.2, 0.25) is 0 Å². The van der Waals surface area contributed by atoms with Crippen LogP contribution < -0.4 is 0 Å². The molecular formula is C15H15Br2NO2S2. The average molecular weight is 465 g/mol. The Bertz CT molecular complexity index is 762. The predicted octanol–water partition coefficient (Wildman–Crippen LogP) is 4.75. The predicted molar refractivity (Wildman–Crippen MR) is 98.7 cm³/mol. The van der Waals surface area contributed by atoms with E-state index in [9.17, 15) is 8.42 Å². The van der Waals surface area contributed by atoms with Gasteiger partial charge in [-0.1, -0.05) is 28.1 Å². The maximum absolute atomic E-state index is 12.7. The zero-order valence-corrected chi connectivity index (χ0v) is 16.9. The van der Waals surface area contributed by atoms with Gasteiger partial charge in [-0.2, -0.15) is 4.31 Å². The van der Waals surface area contributed by atoms with Crippen LogP contribution in [0.15, 0.2) is 61.2 Å². The first-order chi connectivity index (χ1) is 10.3. The maximum Gasteiger partial charge on any atom is 0.244 e. The van der Waals surface area contributed by atoms with Crippen molar-refractivity contribution in [2.45, 2.75) is 16.3 Å². The Balaban J connectivity index is 2.26. The molecule has 0 heterocycles. The number of sulfonamides is 1. The van der Waals surface area contributed by atoms with Gasteiger partial charge in [0.25, 0.3) is 0 Å². The fraction of sp³-hybridized carbons (Fsp3) is 0.200. The first kappa shape index (κ1) is 18.0. The van der Waals surface area contributed by atoms with E-state index < -0.39 is 10.0 Å². The van der Waals surface area contributed by atoms with Crippen LogP contribution in [0, 0.1) is 0 Å². The zero-order chi connectivity index (χ0) is 16.3. The molecule has 2 aromatic carbocycles. The second-order valence-corrected chi connectivity index (χ2v) is 9.35. The molecule has 0 bridgehead atoms. The van der Waals surface area contributed by atoms with Crippen LogP contribution in [-0.2, 0) is 16.6 Å². The van der Waals surface area contributed by atoms with Crippen molar-refractivity contribution in [2.24, 2.45) is 0 Å². The summed E-state index contributed by atoms with van der Waals surface area (Å²) < 4.78 is 28.0. The van der Waals surface area contributed by atoms with Crippen LogP contribution in [-0.4, -0.2) is 26.0 Å². The molecule has 0 aliphatic carbocycles. The van der Waals surface area contributed by atoms with Gasteiger partial charge in [0.05, 0.1) is 4.90 Å². The highest BCUT2D eigenvalue weighted by atomic mass is 79.9. The highest BCUT2D eigenvalue weighted by Gasteiger charge is 2.23. The molecule has 0 fully saturated rings. The molecule has 3 nitrogen and oxygen atoms in total. The molecule has 0 unspecified atom stereocenters. The lowest BCUT2D eigenvalue weighted by atomic mass is 10.2. The molecule has 0 atom stereocenters. The standard InChI is InChI=1S/C15H15Br2NO2S2/c1-18(10-11-3-6-13(21-2)7-4-11)22(19,20)15-9-12(16)5-8-14(15)17/h3-9H,10H2,1-2H3. The van der Waals surface area contributed by atoms with Crippen molar-refractivity contribution in [2.75, 3.05) is 13.3 Å². The molecule has 2 rings (SSSR count). The van der Waals surface area contributed by atoms with Gasteiger partial charge in [-0.05, 0) is 58.1 Å². The smallest absolute Gasteiger partial charge is 0.207 e. The molecule has 0 spiro atoms. The zero-order valence-electron chi connectivity index (χ0n) is 12.1. The molecule has 22 heavy (non-hydrogen) atoms. The molecule has 0 saturated heterocycles. The number of halogens is 2. The lowest BCUT2D eigenvalue weighted by Crippen LogP contribution is -2.26. The van der Waals surface area contributed by atoms with Crippen molar-refractivity contribution in [3.8, 4) is 0 Å². The van der Waals surface area contributed by atoms with E-state index >= 15 is 0 Å². The fourth-order valence-electron chi connectivity index (χ4n) is 1.92. The van der Waals surface area contributed by atoms with Gasteiger partial charge in [0, 0.05) is 27.4 Å². The average Bonchev–Trinajstić information content (AvgIpc) is 2.50. The third-order valence-corrected chi connectivity index (χ3v) is 7.18. The van der Waals surface area contributed by atoms with E-state index in [2.05, 4.69) is 31.9 Å². The SMILES string of the molecule is CSc1ccc(CN(C)S(=O)(=O)c2cc(Br)ccc2Br)cc1. The lowest BCUT2D eigenvalue weighted by molar-refractivity contribution is 0.466. The van der Waals surface area contributed by atoms with Crippen molar-refractivity contribution in [3.63, 3.8) is 0 Å². The van der Waals surface area contributed by atoms with Gasteiger partial charge in [-0.25, -0.2) is 8.42 Å². The Hall–Kier alpha value is -0.340. The summed E-state index contributed by atoms with van der Waals surface area (Å²) in [4.78, 5) is 1.41. The first-order valence-corrected chi connectivity index (χ1v) is 10.6. The van der Waals surface area contributed by atoms with Crippen molar-refractivity contribution < 1.29 is 8.42 Å². The normalized spacial score (nSPS) is 11.9. The third kappa shape index (κ3) is 4.14. The van der Waals surface area contributed by atoms with Crippen LogP contribution in [0.3, 0.4) is 0 Å². The quantitative estimate of drug-likeness (QED) is 0.599. The molecule has 0 aromatic heterocycles. The molecule has 2 aromatic rings. The van der Waals surface area contributed by atoms with E-state index in [1.165, 1.54) is 4.31 Å². The number of hydrogen-bond donors (Lipinski definition) is 0. The monoisotopic (exact) mass is 463 g/mol. The minimum absolute atomic E-state index is 0.255. The summed E-state index contributed by atoms with van der Waals surface area (Å²) in [5, 5.41) is 0. The van der Waals surface area contributed by atoms with E-state index in [1.54, 1.807) is 37.0 Å². The van der Waals surface area contributed by atoms with E-state index in [0.29, 0.717) is 11.0 Å². The second-order valence-electron chi connectivity index (χ2n) is 4.68. The van der Waals surface area contributed by atoms with E-state index in [4.69, 9.17) is 0 Å². The first-order valence-electron chi connectivity index (χ1n) is 6.39. The van der Waals surface area contributed by atoms with Crippen LogP contribution in [0.5, 0.6) is 0 Å². The van der Waals surface area contributed by atoms with Crippen LogP contribution >= 0.6 is 43.6 Å². The Morgan fingerprint density at radius 1 is 1.09 bits per heavy atom. The molecule has 0 radical (unpaired) electrons. The van der Waals surface area contributed by atoms with Crippen LogP contribution in [0.1, 0.15) is 5.56 Å². The summed E-state index contributed by atoms with van der Waals surface area (Å²) >= 11 is 8.28. The minimum atomic E-state index is -3.55. The molecule has 0 amide bonds. The maximum atomic E-state index is 12.7. The highest BCUT2D eigenvalue weighted by Crippen LogP contribution is 2.28. The fourth-order valence-corrected chi connectivity index (χ4v) is 4.94. The summed E-state index contributed by atoms with van der Waals surface area (Å²) in [5.41, 5.74) is 0.954. The summed E-state index contributed by atoms with van der Waals surface area (Å²) in [7, 11) is -1.97. The Morgan fingerprint density at radius 3 is 2.32 bits per heavy atom. The molecule has 0 saturated carbocycles. The topological polar surface area (TPSA) is 37.4 Å². The number of rotatable bonds is 5. The van der Waals surface area contributed by atoms with Gasteiger partial charge in [-0.15, -0.1) is 11.8 Å². The number of thioether (sulfide) groups is 1. The molecule has 7 heteroatoms. The highest BCUT2D eigenvalue weighted by molar-refractivity contribution is 9.11. The largest absolute Gasteiger partial charge is 0.244 e. The van der Waals surface area contributed by atoms with Crippen molar-refractivity contribution in [1.29, 1.82) is 0 Å². The van der Waals surface area contributed by atoms with Gasteiger partial charge < -0.3 is 0 Å². The number of hydrogen-bond acceptors (Lipinski definition) is 3. The molecule has 118 valence electrons. The second kappa shape index (κ2) is 7.49. The van der Waals surface area contributed by atoms with Gasteiger partial charge >= 0.3 is 0 Å². The van der Waals surface area contributed by atoms with Crippen LogP contribution in [0.4, 0.5) is 0 Å². The van der Waals surface area contributed by atoms with E-state index in [-0.39, 0.29) is 4.90 Å². The summed E-state index contributed by atoms with van der Waals surface area (Å²) in [6.45, 7) is 0.329. The third-order valence-electron chi connectivity index (χ3n) is 3.15.